The second-order valence-corrected chi connectivity index (χ2v) is 9.38. The number of hydrogen-bond donors (Lipinski definition) is 0. The molecule has 0 atom stereocenters. The molecule has 2 rings (SSSR count). The van der Waals surface area contributed by atoms with Crippen LogP contribution in [-0.4, -0.2) is 64.3 Å². The lowest BCUT2D eigenvalue weighted by Gasteiger charge is -2.22. The average molecular weight is 500 g/mol. The topological polar surface area (TPSA) is 7.76 Å². The molecule has 0 bridgehead atoms. The van der Waals surface area contributed by atoms with Crippen LogP contribution < -0.4 is 58.8 Å². The van der Waals surface area contributed by atoms with Crippen molar-refractivity contribution >= 4 is 0 Å². The zero-order valence-corrected chi connectivity index (χ0v) is 22.2. The van der Waals surface area contributed by atoms with Gasteiger partial charge in [0.25, 0.3) is 0 Å². The van der Waals surface area contributed by atoms with E-state index >= 15 is 0 Å². The van der Waals surface area contributed by atoms with Crippen molar-refractivity contribution in [2.75, 3.05) is 55.4 Å². The smallest absolute Gasteiger partial charge is 0.169 e. The Bertz CT molecular complexity index is 617. The minimum absolute atomic E-state index is 0. The van der Waals surface area contributed by atoms with Crippen LogP contribution in [0.5, 0.6) is 0 Å². The summed E-state index contributed by atoms with van der Waals surface area (Å²) in [7, 11) is 13.5. The quantitative estimate of drug-likeness (QED) is 0.239. The third kappa shape index (κ3) is 13.6. The van der Waals surface area contributed by atoms with Gasteiger partial charge in [0, 0.05) is 24.3 Å². The van der Waals surface area contributed by atoms with Gasteiger partial charge in [-0.05, 0) is 11.1 Å². The van der Waals surface area contributed by atoms with Gasteiger partial charge in [-0.2, -0.15) is 0 Å². The molecule has 2 aromatic rings. The largest absolute Gasteiger partial charge is 1.00 e. The Labute approximate surface area is 208 Å². The maximum atomic E-state index is 2.28. The van der Waals surface area contributed by atoms with Crippen molar-refractivity contribution in [3.05, 3.63) is 49.1 Å². The number of nitrogens with zero attached hydrogens (tertiary/aromatic N) is 4. The summed E-state index contributed by atoms with van der Waals surface area (Å²) in [6, 6.07) is 8.90. The highest BCUT2D eigenvalue weighted by molar-refractivity contribution is 5.60. The molecule has 0 amide bonds. The Morgan fingerprint density at radius 1 is 0.533 bits per heavy atom. The van der Waals surface area contributed by atoms with Crippen LogP contribution in [0.2, 0.25) is 0 Å². The summed E-state index contributed by atoms with van der Waals surface area (Å²) < 4.78 is 6.62. The standard InChI is InChI=1S/C22H38N4.4ClH/c1-25(2,3)19-7-13-23-15-9-21(10-16-23)22-11-17-24(18-12-22)14-8-20-26(4,5)6;;;;/h9-12,15-18H,7-8,13-14,19-20H2,1-6H3;4*1H/q+4;;;;/p-4. The molecule has 0 saturated carbocycles. The summed E-state index contributed by atoms with van der Waals surface area (Å²) in [6.45, 7) is 4.55. The molecule has 4 nitrogen and oxygen atoms in total. The fourth-order valence-corrected chi connectivity index (χ4v) is 3.05. The van der Waals surface area contributed by atoms with Gasteiger partial charge >= 0.3 is 0 Å². The zero-order valence-electron chi connectivity index (χ0n) is 19.2. The Balaban J connectivity index is -0.00000182. The summed E-state index contributed by atoms with van der Waals surface area (Å²) in [4.78, 5) is 0. The lowest BCUT2D eigenvalue weighted by atomic mass is 10.1. The lowest BCUT2D eigenvalue weighted by Crippen LogP contribution is -3.00. The lowest BCUT2D eigenvalue weighted by molar-refractivity contribution is -0.873. The highest BCUT2D eigenvalue weighted by Crippen LogP contribution is 2.15. The van der Waals surface area contributed by atoms with Gasteiger partial charge in [-0.25, -0.2) is 9.13 Å². The van der Waals surface area contributed by atoms with Crippen LogP contribution in [-0.2, 0) is 13.1 Å². The third-order valence-corrected chi connectivity index (χ3v) is 4.61. The van der Waals surface area contributed by atoms with E-state index in [0.29, 0.717) is 0 Å². The molecular weight excluding hydrogens is 462 g/mol. The van der Waals surface area contributed by atoms with E-state index in [2.05, 4.69) is 100 Å². The Kier molecular flexibility index (Phi) is 17.3. The minimum Gasteiger partial charge on any atom is -1.00 e. The number of rotatable bonds is 9. The van der Waals surface area contributed by atoms with Gasteiger partial charge in [-0.3, -0.25) is 0 Å². The van der Waals surface area contributed by atoms with Crippen molar-refractivity contribution in [3.8, 4) is 11.1 Å². The maximum Gasteiger partial charge on any atom is 0.169 e. The first-order valence-corrected chi connectivity index (χ1v) is 9.72. The molecule has 30 heavy (non-hydrogen) atoms. The number of pyridine rings is 2. The normalized spacial score (nSPS) is 10.7. The molecule has 0 unspecified atom stereocenters. The van der Waals surface area contributed by atoms with Crippen LogP contribution in [0.15, 0.2) is 49.1 Å². The van der Waals surface area contributed by atoms with Gasteiger partial charge in [0.05, 0.1) is 68.2 Å². The monoisotopic (exact) mass is 498 g/mol. The fraction of sp³-hybridized carbons (Fsp3) is 0.545. The summed E-state index contributed by atoms with van der Waals surface area (Å²) >= 11 is 0. The number of aryl methyl sites for hydroxylation is 2. The van der Waals surface area contributed by atoms with E-state index in [9.17, 15) is 0 Å². The summed E-state index contributed by atoms with van der Waals surface area (Å²) in [5, 5.41) is 0. The third-order valence-electron chi connectivity index (χ3n) is 4.61. The first kappa shape index (κ1) is 34.0. The van der Waals surface area contributed by atoms with Gasteiger partial charge in [0.15, 0.2) is 37.9 Å². The van der Waals surface area contributed by atoms with Gasteiger partial charge < -0.3 is 58.6 Å². The molecule has 2 heterocycles. The second kappa shape index (κ2) is 15.2. The molecule has 174 valence electrons. The van der Waals surface area contributed by atoms with E-state index in [1.165, 1.54) is 37.1 Å². The molecule has 0 spiro atoms. The number of quaternary nitrogens is 2. The Morgan fingerprint density at radius 3 is 1.03 bits per heavy atom. The molecule has 0 fully saturated rings. The summed E-state index contributed by atoms with van der Waals surface area (Å²) in [5.41, 5.74) is 2.57. The van der Waals surface area contributed by atoms with Gasteiger partial charge in [-0.15, -0.1) is 0 Å². The van der Waals surface area contributed by atoms with Crippen molar-refractivity contribution < 1.29 is 67.7 Å². The van der Waals surface area contributed by atoms with Crippen molar-refractivity contribution in [1.82, 2.24) is 0 Å². The van der Waals surface area contributed by atoms with Crippen molar-refractivity contribution in [2.24, 2.45) is 0 Å². The van der Waals surface area contributed by atoms with Gasteiger partial charge in [0.1, 0.15) is 0 Å². The Hall–Kier alpha value is -0.620. The van der Waals surface area contributed by atoms with Gasteiger partial charge in [-0.1, -0.05) is 0 Å². The first-order valence-electron chi connectivity index (χ1n) is 9.72. The van der Waals surface area contributed by atoms with Gasteiger partial charge in [0.2, 0.25) is 0 Å². The minimum atomic E-state index is 0. The molecule has 0 saturated heterocycles. The maximum absolute atomic E-state index is 2.28. The number of aromatic nitrogens is 2. The van der Waals surface area contributed by atoms with Crippen molar-refractivity contribution in [1.29, 1.82) is 0 Å². The molecule has 0 N–H and O–H groups in total. The molecule has 0 radical (unpaired) electrons. The summed E-state index contributed by atoms with van der Waals surface area (Å²) in [5.74, 6) is 0. The molecule has 0 aliphatic carbocycles. The highest BCUT2D eigenvalue weighted by atomic mass is 35.5. The van der Waals surface area contributed by atoms with Crippen LogP contribution >= 0.6 is 0 Å². The van der Waals surface area contributed by atoms with E-state index in [-0.39, 0.29) is 49.6 Å². The molecular formula is C22H38Cl4N4. The average Bonchev–Trinajstić information content (AvgIpc) is 2.54. The molecule has 0 aromatic carbocycles. The van der Waals surface area contributed by atoms with E-state index in [1.54, 1.807) is 0 Å². The molecule has 0 aliphatic rings. The SMILES string of the molecule is C[N+](C)(C)CCC[n+]1ccc(-c2cc[n+](CCC[N+](C)(C)C)cc2)cc1.[Cl-].[Cl-].[Cl-].[Cl-]. The predicted molar refractivity (Wildman–Crippen MR) is 107 cm³/mol. The molecule has 8 heteroatoms. The van der Waals surface area contributed by atoms with E-state index < -0.39 is 0 Å². The fourth-order valence-electron chi connectivity index (χ4n) is 3.05. The van der Waals surface area contributed by atoms with Crippen LogP contribution in [0.25, 0.3) is 11.1 Å². The van der Waals surface area contributed by atoms with Crippen LogP contribution in [0, 0.1) is 0 Å². The van der Waals surface area contributed by atoms with Crippen molar-refractivity contribution in [3.63, 3.8) is 0 Å². The molecule has 2 aromatic heterocycles. The van der Waals surface area contributed by atoms with E-state index in [4.69, 9.17) is 0 Å². The Morgan fingerprint density at radius 2 is 0.800 bits per heavy atom. The van der Waals surface area contributed by atoms with E-state index in [1.807, 2.05) is 0 Å². The van der Waals surface area contributed by atoms with Crippen LogP contribution in [0.4, 0.5) is 0 Å². The number of hydrogen-bond acceptors (Lipinski definition) is 0. The van der Waals surface area contributed by atoms with E-state index in [0.717, 1.165) is 22.1 Å². The number of halogens is 4. The van der Waals surface area contributed by atoms with Crippen molar-refractivity contribution in [2.45, 2.75) is 25.9 Å². The predicted octanol–water partition coefficient (Wildman–Crippen LogP) is -9.86. The molecule has 0 aliphatic heterocycles. The van der Waals surface area contributed by atoms with Crippen LogP contribution in [0.1, 0.15) is 12.8 Å². The highest BCUT2D eigenvalue weighted by Gasteiger charge is 2.11. The van der Waals surface area contributed by atoms with Crippen LogP contribution in [0.3, 0.4) is 0 Å². The summed E-state index contributed by atoms with van der Waals surface area (Å²) in [6.07, 6.45) is 11.2. The zero-order chi connectivity index (χ0) is 19.2. The second-order valence-electron chi connectivity index (χ2n) is 9.38. The first-order chi connectivity index (χ1) is 12.1.